The van der Waals surface area contributed by atoms with E-state index in [0.717, 1.165) is 12.8 Å². The molecule has 9 heteroatoms. The van der Waals surface area contributed by atoms with E-state index in [4.69, 9.17) is 0 Å². The first-order valence-corrected chi connectivity index (χ1v) is 10.7. The molecule has 3 aromatic rings. The number of aromatic nitrogens is 2. The van der Waals surface area contributed by atoms with Gasteiger partial charge in [-0.1, -0.05) is 6.07 Å². The fraction of sp³-hybridized carbons (Fsp3) is 0.200. The summed E-state index contributed by atoms with van der Waals surface area (Å²) >= 11 is 0. The van der Waals surface area contributed by atoms with Gasteiger partial charge in [-0.15, -0.1) is 0 Å². The molecule has 0 aliphatic carbocycles. The van der Waals surface area contributed by atoms with Crippen LogP contribution in [0.1, 0.15) is 23.2 Å². The van der Waals surface area contributed by atoms with Crippen molar-refractivity contribution in [2.24, 2.45) is 0 Å². The van der Waals surface area contributed by atoms with Gasteiger partial charge in [-0.3, -0.25) is 9.36 Å². The first-order valence-electron chi connectivity index (χ1n) is 9.23. The van der Waals surface area contributed by atoms with Crippen LogP contribution in [0.3, 0.4) is 0 Å². The van der Waals surface area contributed by atoms with Gasteiger partial charge >= 0.3 is 5.69 Å². The Morgan fingerprint density at radius 3 is 2.41 bits per heavy atom. The Morgan fingerprint density at radius 2 is 1.76 bits per heavy atom. The van der Waals surface area contributed by atoms with Crippen molar-refractivity contribution < 1.29 is 13.2 Å². The number of aromatic amines is 1. The van der Waals surface area contributed by atoms with Gasteiger partial charge < -0.3 is 10.3 Å². The molecule has 0 spiro atoms. The number of imidazole rings is 1. The zero-order valence-corrected chi connectivity index (χ0v) is 16.4. The fourth-order valence-electron chi connectivity index (χ4n) is 3.32. The molecule has 1 fully saturated rings. The van der Waals surface area contributed by atoms with Crippen molar-refractivity contribution in [3.8, 4) is 5.69 Å². The van der Waals surface area contributed by atoms with E-state index in [1.165, 1.54) is 39.3 Å². The van der Waals surface area contributed by atoms with E-state index < -0.39 is 10.0 Å². The van der Waals surface area contributed by atoms with Gasteiger partial charge in [0.2, 0.25) is 10.0 Å². The van der Waals surface area contributed by atoms with Gasteiger partial charge in [0.05, 0.1) is 10.6 Å². The molecular formula is C20H20N4O4S. The van der Waals surface area contributed by atoms with Crippen molar-refractivity contribution >= 4 is 21.6 Å². The number of anilines is 1. The number of sulfonamides is 1. The molecule has 2 aromatic carbocycles. The molecule has 1 saturated heterocycles. The third-order valence-electron chi connectivity index (χ3n) is 4.85. The average molecular weight is 412 g/mol. The molecule has 0 unspecified atom stereocenters. The van der Waals surface area contributed by atoms with Crippen molar-refractivity contribution in [2.45, 2.75) is 17.7 Å². The predicted molar refractivity (Wildman–Crippen MR) is 109 cm³/mol. The smallest absolute Gasteiger partial charge is 0.322 e. The van der Waals surface area contributed by atoms with Gasteiger partial charge in [0.25, 0.3) is 5.91 Å². The number of hydrogen-bond donors (Lipinski definition) is 2. The highest BCUT2D eigenvalue weighted by Gasteiger charge is 2.27. The summed E-state index contributed by atoms with van der Waals surface area (Å²) in [5.41, 5.74) is 1.20. The SMILES string of the molecule is O=C(Nc1cccc(-n2cc[nH]c2=O)c1)c1ccc(S(=O)(=O)N2CCCC2)cc1. The second kappa shape index (κ2) is 7.69. The Bertz CT molecular complexity index is 1190. The van der Waals surface area contributed by atoms with E-state index in [1.807, 2.05) is 0 Å². The summed E-state index contributed by atoms with van der Waals surface area (Å²) in [6, 6.07) is 12.8. The fourth-order valence-corrected chi connectivity index (χ4v) is 4.83. The molecule has 29 heavy (non-hydrogen) atoms. The number of amides is 1. The maximum absolute atomic E-state index is 12.6. The normalized spacial score (nSPS) is 14.8. The van der Waals surface area contributed by atoms with Crippen molar-refractivity contribution in [3.63, 3.8) is 0 Å². The minimum Gasteiger partial charge on any atom is -0.322 e. The highest BCUT2D eigenvalue weighted by Crippen LogP contribution is 2.21. The number of carbonyl (C=O) groups is 1. The van der Waals surface area contributed by atoms with E-state index in [0.29, 0.717) is 30.0 Å². The van der Waals surface area contributed by atoms with Crippen LogP contribution in [0.5, 0.6) is 0 Å². The van der Waals surface area contributed by atoms with E-state index in [2.05, 4.69) is 10.3 Å². The lowest BCUT2D eigenvalue weighted by molar-refractivity contribution is 0.102. The molecule has 2 N–H and O–H groups in total. The topological polar surface area (TPSA) is 104 Å². The molecule has 2 heterocycles. The summed E-state index contributed by atoms with van der Waals surface area (Å²) < 4.78 is 28.1. The lowest BCUT2D eigenvalue weighted by Crippen LogP contribution is -2.27. The number of hydrogen-bond acceptors (Lipinski definition) is 4. The zero-order chi connectivity index (χ0) is 20.4. The molecule has 1 aliphatic heterocycles. The standard InChI is InChI=1S/C20H20N4O4S/c25-19(22-16-4-3-5-17(14-16)24-13-10-21-20(24)26)15-6-8-18(9-7-15)29(27,28)23-11-1-2-12-23/h3-10,13-14H,1-2,11-12H2,(H,21,26)(H,22,25). The summed E-state index contributed by atoms with van der Waals surface area (Å²) in [5, 5.41) is 2.77. The third-order valence-corrected chi connectivity index (χ3v) is 6.76. The molecule has 4 rings (SSSR count). The largest absolute Gasteiger partial charge is 0.330 e. The van der Waals surface area contributed by atoms with Crippen molar-refractivity contribution in [3.05, 3.63) is 77.0 Å². The highest BCUT2D eigenvalue weighted by atomic mass is 32.2. The van der Waals surface area contributed by atoms with Gasteiger partial charge in [0, 0.05) is 36.7 Å². The Balaban J connectivity index is 1.51. The van der Waals surface area contributed by atoms with Crippen LogP contribution < -0.4 is 11.0 Å². The summed E-state index contributed by atoms with van der Waals surface area (Å²) in [6.45, 7) is 1.07. The lowest BCUT2D eigenvalue weighted by atomic mass is 10.2. The first kappa shape index (κ1) is 19.2. The van der Waals surface area contributed by atoms with Gasteiger partial charge in [-0.25, -0.2) is 13.2 Å². The maximum Gasteiger partial charge on any atom is 0.330 e. The first-order chi connectivity index (χ1) is 13.9. The Morgan fingerprint density at radius 1 is 1.03 bits per heavy atom. The van der Waals surface area contributed by atoms with Gasteiger partial charge in [-0.2, -0.15) is 4.31 Å². The van der Waals surface area contributed by atoms with Gasteiger partial charge in [0.15, 0.2) is 0 Å². The minimum absolute atomic E-state index is 0.185. The van der Waals surface area contributed by atoms with Crippen molar-refractivity contribution in [2.75, 3.05) is 18.4 Å². The second-order valence-corrected chi connectivity index (χ2v) is 8.71. The maximum atomic E-state index is 12.6. The molecule has 1 aromatic heterocycles. The number of H-pyrrole nitrogens is 1. The number of nitrogens with zero attached hydrogens (tertiary/aromatic N) is 2. The Hall–Kier alpha value is -3.17. The van der Waals surface area contributed by atoms with Crippen molar-refractivity contribution in [1.29, 1.82) is 0 Å². The molecule has 1 amide bonds. The van der Waals surface area contributed by atoms with Crippen LogP contribution in [-0.2, 0) is 10.0 Å². The molecule has 1 aliphatic rings. The van der Waals surface area contributed by atoms with Crippen LogP contribution in [0.25, 0.3) is 5.69 Å². The van der Waals surface area contributed by atoms with Crippen LogP contribution in [0.4, 0.5) is 5.69 Å². The molecule has 8 nitrogen and oxygen atoms in total. The van der Waals surface area contributed by atoms with Crippen LogP contribution >= 0.6 is 0 Å². The van der Waals surface area contributed by atoms with Gasteiger partial charge in [0.1, 0.15) is 0 Å². The quantitative estimate of drug-likeness (QED) is 0.670. The van der Waals surface area contributed by atoms with E-state index in [9.17, 15) is 18.0 Å². The highest BCUT2D eigenvalue weighted by molar-refractivity contribution is 7.89. The second-order valence-electron chi connectivity index (χ2n) is 6.78. The van der Waals surface area contributed by atoms with E-state index in [1.54, 1.807) is 30.5 Å². The van der Waals surface area contributed by atoms with Gasteiger partial charge in [-0.05, 0) is 55.3 Å². The molecule has 150 valence electrons. The van der Waals surface area contributed by atoms with Crippen LogP contribution in [0, 0.1) is 0 Å². The van der Waals surface area contributed by atoms with E-state index >= 15 is 0 Å². The van der Waals surface area contributed by atoms with E-state index in [-0.39, 0.29) is 16.5 Å². The summed E-state index contributed by atoms with van der Waals surface area (Å²) in [4.78, 5) is 27.0. The minimum atomic E-state index is -3.51. The van der Waals surface area contributed by atoms with Crippen molar-refractivity contribution in [1.82, 2.24) is 13.9 Å². The molecule has 0 atom stereocenters. The summed E-state index contributed by atoms with van der Waals surface area (Å²) in [6.07, 6.45) is 4.87. The number of nitrogens with one attached hydrogen (secondary N) is 2. The Labute approximate surface area is 167 Å². The zero-order valence-electron chi connectivity index (χ0n) is 15.5. The summed E-state index contributed by atoms with van der Waals surface area (Å²) in [7, 11) is -3.51. The third kappa shape index (κ3) is 3.87. The molecular weight excluding hydrogens is 392 g/mol. The number of rotatable bonds is 5. The van der Waals surface area contributed by atoms with Crippen LogP contribution in [-0.4, -0.2) is 41.3 Å². The van der Waals surface area contributed by atoms with Crippen LogP contribution in [0.15, 0.2) is 70.6 Å². The summed E-state index contributed by atoms with van der Waals surface area (Å²) in [5.74, 6) is -0.367. The Kier molecular flexibility index (Phi) is 5.08. The monoisotopic (exact) mass is 412 g/mol. The molecule has 0 saturated carbocycles. The molecule has 0 radical (unpaired) electrons. The number of benzene rings is 2. The van der Waals surface area contributed by atoms with Crippen LogP contribution in [0.2, 0.25) is 0 Å². The average Bonchev–Trinajstić information content (AvgIpc) is 3.40. The lowest BCUT2D eigenvalue weighted by Gasteiger charge is -2.15. The number of carbonyl (C=O) groups excluding carboxylic acids is 1. The molecule has 0 bridgehead atoms. The predicted octanol–water partition coefficient (Wildman–Crippen LogP) is 2.20.